The van der Waals surface area contributed by atoms with E-state index in [0.717, 1.165) is 35.9 Å². The normalized spacial score (nSPS) is 23.8. The van der Waals surface area contributed by atoms with Crippen molar-refractivity contribution in [2.45, 2.75) is 31.4 Å². The van der Waals surface area contributed by atoms with Crippen LogP contribution in [0.1, 0.15) is 31.4 Å². The Morgan fingerprint density at radius 3 is 2.65 bits per heavy atom. The van der Waals surface area contributed by atoms with Crippen LogP contribution in [0.25, 0.3) is 6.08 Å². The zero-order chi connectivity index (χ0) is 18.4. The number of methoxy groups -OCH3 is 1. The Hall–Kier alpha value is -1.97. The van der Waals surface area contributed by atoms with E-state index >= 15 is 0 Å². The zero-order valence-corrected chi connectivity index (χ0v) is 16.2. The Morgan fingerprint density at radius 2 is 1.92 bits per heavy atom. The molecule has 0 amide bonds. The highest BCUT2D eigenvalue weighted by Gasteiger charge is 2.57. The van der Waals surface area contributed by atoms with Gasteiger partial charge in [0.05, 0.1) is 13.7 Å². The summed E-state index contributed by atoms with van der Waals surface area (Å²) in [5, 5.41) is 0.769. The number of rotatable bonds is 3. The Morgan fingerprint density at radius 1 is 1.15 bits per heavy atom. The van der Waals surface area contributed by atoms with Crippen molar-refractivity contribution >= 4 is 23.4 Å². The first-order valence-electron chi connectivity index (χ1n) is 9.03. The standard InChI is InChI=1S/C22H24ClNO2/c1-21(2)19-15-17(23)7-10-20(19)24-13-4-14-26-22(21,24)12-11-16-5-8-18(25-3)9-6-16/h5-12,15H,4,13-14H2,1-3H3/b12-11+. The Kier molecular flexibility index (Phi) is 4.25. The summed E-state index contributed by atoms with van der Waals surface area (Å²) in [4.78, 5) is 2.39. The van der Waals surface area contributed by atoms with Crippen LogP contribution >= 0.6 is 11.6 Å². The molecule has 2 aromatic rings. The molecule has 0 aliphatic carbocycles. The van der Waals surface area contributed by atoms with Crippen molar-refractivity contribution in [3.05, 3.63) is 64.7 Å². The second-order valence-electron chi connectivity index (χ2n) is 7.44. The van der Waals surface area contributed by atoms with E-state index in [1.165, 1.54) is 11.3 Å². The highest BCUT2D eigenvalue weighted by molar-refractivity contribution is 6.30. The van der Waals surface area contributed by atoms with Crippen LogP contribution in [0, 0.1) is 0 Å². The number of hydrogen-bond donors (Lipinski definition) is 0. The van der Waals surface area contributed by atoms with Gasteiger partial charge in [-0.3, -0.25) is 0 Å². The van der Waals surface area contributed by atoms with E-state index in [1.807, 2.05) is 18.2 Å². The van der Waals surface area contributed by atoms with Crippen LogP contribution in [0.3, 0.4) is 0 Å². The first-order chi connectivity index (χ1) is 12.5. The molecule has 2 aromatic carbocycles. The van der Waals surface area contributed by atoms with E-state index < -0.39 is 5.72 Å². The molecule has 0 aromatic heterocycles. The molecule has 1 fully saturated rings. The van der Waals surface area contributed by atoms with Gasteiger partial charge >= 0.3 is 0 Å². The number of halogens is 1. The molecular formula is C22H24ClNO2. The smallest absolute Gasteiger partial charge is 0.169 e. The summed E-state index contributed by atoms with van der Waals surface area (Å²) in [6.07, 6.45) is 5.38. The monoisotopic (exact) mass is 369 g/mol. The molecule has 0 spiro atoms. The fourth-order valence-corrected chi connectivity index (χ4v) is 4.39. The minimum atomic E-state index is -0.502. The van der Waals surface area contributed by atoms with Crippen LogP contribution in [-0.4, -0.2) is 26.0 Å². The molecule has 2 aliphatic rings. The number of anilines is 1. The van der Waals surface area contributed by atoms with Gasteiger partial charge in [0, 0.05) is 22.7 Å². The highest BCUT2D eigenvalue weighted by atomic mass is 35.5. The van der Waals surface area contributed by atoms with Crippen molar-refractivity contribution in [1.29, 1.82) is 0 Å². The van der Waals surface area contributed by atoms with Crippen molar-refractivity contribution in [3.8, 4) is 5.75 Å². The van der Waals surface area contributed by atoms with E-state index in [9.17, 15) is 0 Å². The maximum Gasteiger partial charge on any atom is 0.169 e. The molecule has 3 nitrogen and oxygen atoms in total. The molecule has 4 rings (SSSR count). The molecule has 2 heterocycles. The molecule has 0 radical (unpaired) electrons. The summed E-state index contributed by atoms with van der Waals surface area (Å²) in [5.74, 6) is 0.860. The molecule has 0 bridgehead atoms. The Labute approximate surface area is 160 Å². The van der Waals surface area contributed by atoms with Gasteiger partial charge in [0.2, 0.25) is 0 Å². The van der Waals surface area contributed by atoms with E-state index in [-0.39, 0.29) is 5.41 Å². The number of ether oxygens (including phenoxy) is 2. The third kappa shape index (κ3) is 2.53. The predicted octanol–water partition coefficient (Wildman–Crippen LogP) is 5.28. The summed E-state index contributed by atoms with van der Waals surface area (Å²) in [7, 11) is 1.68. The molecule has 4 heteroatoms. The summed E-state index contributed by atoms with van der Waals surface area (Å²) in [5.41, 5.74) is 2.87. The lowest BCUT2D eigenvalue weighted by Gasteiger charge is -2.48. The molecule has 136 valence electrons. The second-order valence-corrected chi connectivity index (χ2v) is 7.88. The Balaban J connectivity index is 1.77. The van der Waals surface area contributed by atoms with Crippen LogP contribution in [0.15, 0.2) is 48.5 Å². The van der Waals surface area contributed by atoms with Crippen LogP contribution in [0.5, 0.6) is 5.75 Å². The number of benzene rings is 2. The summed E-state index contributed by atoms with van der Waals surface area (Å²) in [6, 6.07) is 14.2. The first-order valence-corrected chi connectivity index (χ1v) is 9.41. The van der Waals surface area contributed by atoms with Gasteiger partial charge in [0.15, 0.2) is 5.72 Å². The van der Waals surface area contributed by atoms with Crippen molar-refractivity contribution < 1.29 is 9.47 Å². The largest absolute Gasteiger partial charge is 0.497 e. The third-order valence-corrected chi connectivity index (χ3v) is 5.92. The van der Waals surface area contributed by atoms with Gasteiger partial charge in [0.25, 0.3) is 0 Å². The molecule has 0 N–H and O–H groups in total. The average molecular weight is 370 g/mol. The predicted molar refractivity (Wildman–Crippen MR) is 107 cm³/mol. The van der Waals surface area contributed by atoms with Crippen LogP contribution < -0.4 is 9.64 Å². The van der Waals surface area contributed by atoms with Gasteiger partial charge in [-0.05, 0) is 54.0 Å². The topological polar surface area (TPSA) is 21.7 Å². The van der Waals surface area contributed by atoms with Gasteiger partial charge in [-0.1, -0.05) is 43.7 Å². The summed E-state index contributed by atoms with van der Waals surface area (Å²) < 4.78 is 11.7. The SMILES string of the molecule is COc1ccc(/C=C/C23OCCCN2c2ccc(Cl)cc2C3(C)C)cc1. The lowest BCUT2D eigenvalue weighted by Crippen LogP contribution is -2.59. The molecule has 2 aliphatic heterocycles. The fourth-order valence-electron chi connectivity index (χ4n) is 4.22. The highest BCUT2D eigenvalue weighted by Crippen LogP contribution is 2.55. The van der Waals surface area contributed by atoms with Crippen LogP contribution in [0.4, 0.5) is 5.69 Å². The van der Waals surface area contributed by atoms with Crippen LogP contribution in [0.2, 0.25) is 5.02 Å². The first kappa shape index (κ1) is 17.4. The van der Waals surface area contributed by atoms with Gasteiger partial charge in [-0.2, -0.15) is 0 Å². The maximum absolute atomic E-state index is 6.47. The van der Waals surface area contributed by atoms with Gasteiger partial charge in [0.1, 0.15) is 5.75 Å². The quantitative estimate of drug-likeness (QED) is 0.735. The zero-order valence-electron chi connectivity index (χ0n) is 15.5. The lowest BCUT2D eigenvalue weighted by molar-refractivity contribution is -0.0682. The van der Waals surface area contributed by atoms with Crippen molar-refractivity contribution in [1.82, 2.24) is 0 Å². The van der Waals surface area contributed by atoms with Gasteiger partial charge in [-0.25, -0.2) is 0 Å². The fraction of sp³-hybridized carbons (Fsp3) is 0.364. The summed E-state index contributed by atoms with van der Waals surface area (Å²) >= 11 is 6.31. The van der Waals surface area contributed by atoms with Gasteiger partial charge in [-0.15, -0.1) is 0 Å². The molecule has 1 unspecified atom stereocenters. The van der Waals surface area contributed by atoms with E-state index in [0.29, 0.717) is 0 Å². The number of hydrogen-bond acceptors (Lipinski definition) is 3. The van der Waals surface area contributed by atoms with Crippen molar-refractivity contribution in [2.75, 3.05) is 25.2 Å². The molecular weight excluding hydrogens is 346 g/mol. The van der Waals surface area contributed by atoms with Crippen molar-refractivity contribution in [2.24, 2.45) is 0 Å². The lowest BCUT2D eigenvalue weighted by atomic mass is 9.76. The van der Waals surface area contributed by atoms with Crippen molar-refractivity contribution in [3.63, 3.8) is 0 Å². The summed E-state index contributed by atoms with van der Waals surface area (Å²) in [6.45, 7) is 6.22. The number of fused-ring (bicyclic) bond motifs is 3. The van der Waals surface area contributed by atoms with Gasteiger partial charge < -0.3 is 14.4 Å². The van der Waals surface area contributed by atoms with E-state index in [1.54, 1.807) is 7.11 Å². The minimum Gasteiger partial charge on any atom is -0.497 e. The van der Waals surface area contributed by atoms with E-state index in [2.05, 4.69) is 55.2 Å². The Bertz CT molecular complexity index is 844. The molecule has 0 saturated carbocycles. The molecule has 1 saturated heterocycles. The second kappa shape index (κ2) is 6.33. The van der Waals surface area contributed by atoms with Crippen LogP contribution in [-0.2, 0) is 10.2 Å². The third-order valence-electron chi connectivity index (χ3n) is 5.68. The minimum absolute atomic E-state index is 0.212. The van der Waals surface area contributed by atoms with E-state index in [4.69, 9.17) is 21.1 Å². The average Bonchev–Trinajstić information content (AvgIpc) is 2.85. The number of nitrogens with zero attached hydrogens (tertiary/aromatic N) is 1. The molecule has 26 heavy (non-hydrogen) atoms. The maximum atomic E-state index is 6.47. The molecule has 1 atom stereocenters.